The fourth-order valence-electron chi connectivity index (χ4n) is 2.43. The molecule has 0 radical (unpaired) electrons. The van der Waals surface area contributed by atoms with Crippen LogP contribution in [0.25, 0.3) is 0 Å². The molecule has 2 aromatic rings. The second kappa shape index (κ2) is 5.35. The molecule has 3 rings (SSSR count). The van der Waals surface area contributed by atoms with Gasteiger partial charge in [-0.25, -0.2) is 14.7 Å². The lowest BCUT2D eigenvalue weighted by Gasteiger charge is -2.16. The van der Waals surface area contributed by atoms with Gasteiger partial charge in [-0.15, -0.1) is 0 Å². The van der Waals surface area contributed by atoms with Crippen LogP contribution in [0.5, 0.6) is 0 Å². The summed E-state index contributed by atoms with van der Waals surface area (Å²) < 4.78 is 1.48. The number of hydrogen-bond acceptors (Lipinski definition) is 4. The van der Waals surface area contributed by atoms with Crippen molar-refractivity contribution in [1.82, 2.24) is 14.9 Å². The largest absolute Gasteiger partial charge is 0.329 e. The average molecular weight is 312 g/mol. The van der Waals surface area contributed by atoms with Gasteiger partial charge in [0.25, 0.3) is 11.5 Å². The molecule has 1 fully saturated rings. The smallest absolute Gasteiger partial charge is 0.323 e. The van der Waals surface area contributed by atoms with Gasteiger partial charge in [-0.1, -0.05) is 12.1 Å². The summed E-state index contributed by atoms with van der Waals surface area (Å²) in [6.07, 6.45) is 2.91. The highest BCUT2D eigenvalue weighted by Crippen LogP contribution is 2.24. The van der Waals surface area contributed by atoms with E-state index in [0.29, 0.717) is 12.2 Å². The maximum absolute atomic E-state index is 12.2. The summed E-state index contributed by atoms with van der Waals surface area (Å²) in [6, 6.07) is 7.90. The molecular formula is C16H16N4O3. The van der Waals surface area contributed by atoms with Crippen LogP contribution in [0.3, 0.4) is 0 Å². The minimum atomic E-state index is -0.904. The quantitative estimate of drug-likeness (QED) is 0.861. The van der Waals surface area contributed by atoms with E-state index in [9.17, 15) is 14.4 Å². The molecule has 118 valence electrons. The molecule has 0 bridgehead atoms. The summed E-state index contributed by atoms with van der Waals surface area (Å²) in [5.74, 6) is -0.293. The Balaban J connectivity index is 1.83. The first-order chi connectivity index (χ1) is 10.9. The van der Waals surface area contributed by atoms with Gasteiger partial charge in [-0.3, -0.25) is 14.2 Å². The van der Waals surface area contributed by atoms with Crippen LogP contribution < -0.4 is 15.8 Å². The lowest BCUT2D eigenvalue weighted by molar-refractivity contribution is -0.121. The summed E-state index contributed by atoms with van der Waals surface area (Å²) in [6.45, 7) is 3.70. The predicted molar refractivity (Wildman–Crippen MR) is 84.1 cm³/mol. The SMILES string of the molecule is CC1(C)NC(=O)N(c2ccc(Cn3cnccc3=O)cc2)C1=O. The molecule has 0 spiro atoms. The summed E-state index contributed by atoms with van der Waals surface area (Å²) in [7, 11) is 0. The van der Waals surface area contributed by atoms with Crippen molar-refractivity contribution in [3.05, 3.63) is 58.8 Å². The number of amides is 3. The molecule has 1 aliphatic heterocycles. The van der Waals surface area contributed by atoms with Crippen LogP contribution in [-0.2, 0) is 11.3 Å². The molecule has 0 unspecified atom stereocenters. The Kier molecular flexibility index (Phi) is 3.48. The third-order valence-corrected chi connectivity index (χ3v) is 3.70. The molecule has 3 amide bonds. The number of rotatable bonds is 3. The Labute approximate surface area is 132 Å². The monoisotopic (exact) mass is 312 g/mol. The zero-order valence-corrected chi connectivity index (χ0v) is 12.8. The van der Waals surface area contributed by atoms with Gasteiger partial charge in [-0.05, 0) is 31.5 Å². The van der Waals surface area contributed by atoms with Gasteiger partial charge in [0.15, 0.2) is 0 Å². The van der Waals surface area contributed by atoms with Crippen LogP contribution >= 0.6 is 0 Å². The van der Waals surface area contributed by atoms with Gasteiger partial charge < -0.3 is 5.32 Å². The highest BCUT2D eigenvalue weighted by Gasteiger charge is 2.44. The van der Waals surface area contributed by atoms with E-state index in [2.05, 4.69) is 10.3 Å². The van der Waals surface area contributed by atoms with Crippen molar-refractivity contribution < 1.29 is 9.59 Å². The minimum Gasteiger partial charge on any atom is -0.323 e. The molecule has 0 saturated carbocycles. The first-order valence-corrected chi connectivity index (χ1v) is 7.14. The van der Waals surface area contributed by atoms with E-state index in [-0.39, 0.29) is 11.5 Å². The van der Waals surface area contributed by atoms with E-state index >= 15 is 0 Å². The number of benzene rings is 1. The Morgan fingerprint density at radius 2 is 1.78 bits per heavy atom. The molecule has 1 N–H and O–H groups in total. The van der Waals surface area contributed by atoms with E-state index in [0.717, 1.165) is 10.5 Å². The fraction of sp³-hybridized carbons (Fsp3) is 0.250. The van der Waals surface area contributed by atoms with Crippen LogP contribution in [0.2, 0.25) is 0 Å². The molecule has 1 saturated heterocycles. The van der Waals surface area contributed by atoms with E-state index in [1.54, 1.807) is 38.1 Å². The van der Waals surface area contributed by atoms with Crippen LogP contribution in [0, 0.1) is 0 Å². The zero-order valence-electron chi connectivity index (χ0n) is 12.8. The highest BCUT2D eigenvalue weighted by molar-refractivity contribution is 6.22. The van der Waals surface area contributed by atoms with Crippen molar-refractivity contribution in [3.63, 3.8) is 0 Å². The Morgan fingerprint density at radius 3 is 2.35 bits per heavy atom. The van der Waals surface area contributed by atoms with E-state index in [4.69, 9.17) is 0 Å². The predicted octanol–water partition coefficient (Wildman–Crippen LogP) is 1.13. The number of carbonyl (C=O) groups excluding carboxylic acids is 2. The molecule has 7 heteroatoms. The van der Waals surface area contributed by atoms with Gasteiger partial charge in [0.1, 0.15) is 5.54 Å². The van der Waals surface area contributed by atoms with Gasteiger partial charge >= 0.3 is 6.03 Å². The average Bonchev–Trinajstić information content (AvgIpc) is 2.71. The molecule has 23 heavy (non-hydrogen) atoms. The van der Waals surface area contributed by atoms with Crippen molar-refractivity contribution in [2.75, 3.05) is 4.90 Å². The Morgan fingerprint density at radius 1 is 1.09 bits per heavy atom. The molecule has 7 nitrogen and oxygen atoms in total. The third kappa shape index (κ3) is 2.73. The summed E-state index contributed by atoms with van der Waals surface area (Å²) >= 11 is 0. The number of nitrogens with one attached hydrogen (secondary N) is 1. The van der Waals surface area contributed by atoms with Crippen LogP contribution in [-0.4, -0.2) is 27.0 Å². The number of carbonyl (C=O) groups is 2. The molecule has 1 aromatic heterocycles. The number of urea groups is 1. The maximum atomic E-state index is 12.2. The van der Waals surface area contributed by atoms with Crippen molar-refractivity contribution in [1.29, 1.82) is 0 Å². The maximum Gasteiger partial charge on any atom is 0.329 e. The van der Waals surface area contributed by atoms with Crippen molar-refractivity contribution >= 4 is 17.6 Å². The first kappa shape index (κ1) is 15.0. The van der Waals surface area contributed by atoms with Crippen LogP contribution in [0.4, 0.5) is 10.5 Å². The first-order valence-electron chi connectivity index (χ1n) is 7.14. The zero-order chi connectivity index (χ0) is 16.6. The lowest BCUT2D eigenvalue weighted by Crippen LogP contribution is -2.40. The molecule has 1 aliphatic rings. The van der Waals surface area contributed by atoms with E-state index in [1.807, 2.05) is 0 Å². The normalized spacial score (nSPS) is 16.5. The minimum absolute atomic E-state index is 0.139. The van der Waals surface area contributed by atoms with Gasteiger partial charge in [0, 0.05) is 12.3 Å². The molecule has 0 aliphatic carbocycles. The second-order valence-electron chi connectivity index (χ2n) is 5.91. The van der Waals surface area contributed by atoms with Gasteiger partial charge in [0.2, 0.25) is 0 Å². The summed E-state index contributed by atoms with van der Waals surface area (Å²) in [5, 5.41) is 2.64. The second-order valence-corrected chi connectivity index (χ2v) is 5.91. The van der Waals surface area contributed by atoms with E-state index < -0.39 is 11.6 Å². The molecule has 1 aromatic carbocycles. The molecule has 0 atom stereocenters. The molecular weight excluding hydrogens is 296 g/mol. The van der Waals surface area contributed by atoms with Crippen molar-refractivity contribution in [2.45, 2.75) is 25.9 Å². The third-order valence-electron chi connectivity index (χ3n) is 3.70. The fourth-order valence-corrected chi connectivity index (χ4v) is 2.43. The Hall–Kier alpha value is -2.96. The summed E-state index contributed by atoms with van der Waals surface area (Å²) in [4.78, 5) is 40.9. The number of nitrogens with zero attached hydrogens (tertiary/aromatic N) is 3. The molecule has 2 heterocycles. The Bertz CT molecular complexity index is 824. The van der Waals surface area contributed by atoms with Gasteiger partial charge in [0.05, 0.1) is 18.6 Å². The summed E-state index contributed by atoms with van der Waals surface area (Å²) in [5.41, 5.74) is 0.328. The standard InChI is InChI=1S/C16H16N4O3/c1-16(2)14(22)20(15(23)18-16)12-5-3-11(4-6-12)9-19-10-17-8-7-13(19)21/h3-8,10H,9H2,1-2H3,(H,18,23). The van der Waals surface area contributed by atoms with Crippen LogP contribution in [0.1, 0.15) is 19.4 Å². The van der Waals surface area contributed by atoms with Gasteiger partial charge in [-0.2, -0.15) is 0 Å². The van der Waals surface area contributed by atoms with Crippen molar-refractivity contribution in [3.8, 4) is 0 Å². The number of hydrogen-bond donors (Lipinski definition) is 1. The highest BCUT2D eigenvalue weighted by atomic mass is 16.2. The number of imide groups is 1. The van der Waals surface area contributed by atoms with Crippen molar-refractivity contribution in [2.24, 2.45) is 0 Å². The lowest BCUT2D eigenvalue weighted by atomic mass is 10.1. The van der Waals surface area contributed by atoms with Crippen LogP contribution in [0.15, 0.2) is 47.7 Å². The number of aromatic nitrogens is 2. The number of anilines is 1. The topological polar surface area (TPSA) is 84.3 Å². The van der Waals surface area contributed by atoms with E-state index in [1.165, 1.54) is 23.2 Å².